The normalized spacial score (nSPS) is 21.0. The van der Waals surface area contributed by atoms with Gasteiger partial charge in [-0.15, -0.1) is 0 Å². The number of hydrogen-bond acceptors (Lipinski definition) is 3. The van der Waals surface area contributed by atoms with Crippen molar-refractivity contribution in [2.75, 3.05) is 5.73 Å². The Bertz CT molecular complexity index is 538. The van der Waals surface area contributed by atoms with Gasteiger partial charge < -0.3 is 11.1 Å². The third-order valence-corrected chi connectivity index (χ3v) is 4.05. The SMILES string of the molecule is CC1(C)CC(NC(=O)c2ccnc(N)c2F)CC(C)(C)C1. The van der Waals surface area contributed by atoms with Crippen LogP contribution in [0.4, 0.5) is 10.2 Å². The summed E-state index contributed by atoms with van der Waals surface area (Å²) >= 11 is 0. The number of rotatable bonds is 2. The highest BCUT2D eigenvalue weighted by atomic mass is 19.1. The van der Waals surface area contributed by atoms with Crippen molar-refractivity contribution in [2.45, 2.75) is 53.0 Å². The monoisotopic (exact) mass is 293 g/mol. The van der Waals surface area contributed by atoms with Gasteiger partial charge in [-0.25, -0.2) is 9.37 Å². The van der Waals surface area contributed by atoms with Crippen molar-refractivity contribution >= 4 is 11.7 Å². The molecule has 5 heteroatoms. The second-order valence-electron chi connectivity index (χ2n) is 7.64. The highest BCUT2D eigenvalue weighted by Crippen LogP contribution is 2.45. The van der Waals surface area contributed by atoms with E-state index >= 15 is 0 Å². The van der Waals surface area contributed by atoms with Gasteiger partial charge in [-0.2, -0.15) is 0 Å². The molecule has 21 heavy (non-hydrogen) atoms. The van der Waals surface area contributed by atoms with E-state index in [1.807, 2.05) is 0 Å². The quantitative estimate of drug-likeness (QED) is 0.880. The Morgan fingerprint density at radius 1 is 1.33 bits per heavy atom. The van der Waals surface area contributed by atoms with Crippen molar-refractivity contribution in [3.05, 3.63) is 23.6 Å². The van der Waals surface area contributed by atoms with Crippen LogP contribution in [0.3, 0.4) is 0 Å². The van der Waals surface area contributed by atoms with Gasteiger partial charge in [0.05, 0.1) is 5.56 Å². The van der Waals surface area contributed by atoms with Gasteiger partial charge in [0, 0.05) is 12.2 Å². The second kappa shape index (κ2) is 5.28. The maximum Gasteiger partial charge on any atom is 0.254 e. The Morgan fingerprint density at radius 3 is 2.48 bits per heavy atom. The first-order chi connectivity index (χ1) is 9.60. The average molecular weight is 293 g/mol. The Hall–Kier alpha value is -1.65. The van der Waals surface area contributed by atoms with Gasteiger partial charge in [0.25, 0.3) is 5.91 Å². The maximum absolute atomic E-state index is 13.9. The van der Waals surface area contributed by atoms with E-state index in [2.05, 4.69) is 38.0 Å². The first-order valence-electron chi connectivity index (χ1n) is 7.30. The van der Waals surface area contributed by atoms with Gasteiger partial charge >= 0.3 is 0 Å². The molecule has 0 bridgehead atoms. The predicted molar refractivity (Wildman–Crippen MR) is 81.3 cm³/mol. The molecule has 3 N–H and O–H groups in total. The van der Waals surface area contributed by atoms with E-state index in [0.29, 0.717) is 0 Å². The van der Waals surface area contributed by atoms with E-state index in [4.69, 9.17) is 5.73 Å². The minimum Gasteiger partial charge on any atom is -0.381 e. The van der Waals surface area contributed by atoms with Crippen LogP contribution >= 0.6 is 0 Å². The molecule has 1 aliphatic rings. The zero-order valence-electron chi connectivity index (χ0n) is 13.2. The zero-order chi connectivity index (χ0) is 15.8. The largest absolute Gasteiger partial charge is 0.381 e. The number of amides is 1. The molecule has 0 aromatic carbocycles. The van der Waals surface area contributed by atoms with E-state index in [1.165, 1.54) is 12.3 Å². The maximum atomic E-state index is 13.9. The summed E-state index contributed by atoms with van der Waals surface area (Å²) in [5.74, 6) is -1.41. The minimum atomic E-state index is -0.746. The number of nitrogens with two attached hydrogens (primary N) is 1. The lowest BCUT2D eigenvalue weighted by Crippen LogP contribution is -2.46. The van der Waals surface area contributed by atoms with Crippen LogP contribution in [-0.4, -0.2) is 16.9 Å². The fourth-order valence-electron chi connectivity index (χ4n) is 3.85. The molecule has 0 saturated heterocycles. The van der Waals surface area contributed by atoms with Crippen LogP contribution < -0.4 is 11.1 Å². The molecule has 0 aliphatic heterocycles. The Labute approximate surface area is 125 Å². The Balaban J connectivity index is 2.14. The molecule has 0 atom stereocenters. The molecule has 0 radical (unpaired) electrons. The van der Waals surface area contributed by atoms with Gasteiger partial charge in [-0.05, 0) is 36.2 Å². The van der Waals surface area contributed by atoms with Crippen molar-refractivity contribution in [3.8, 4) is 0 Å². The summed E-state index contributed by atoms with van der Waals surface area (Å²) in [5, 5.41) is 2.95. The lowest BCUT2D eigenvalue weighted by Gasteiger charge is -2.45. The Morgan fingerprint density at radius 2 is 1.90 bits per heavy atom. The number of nitrogens with zero attached hydrogens (tertiary/aromatic N) is 1. The number of anilines is 1. The fraction of sp³-hybridized carbons (Fsp3) is 0.625. The van der Waals surface area contributed by atoms with E-state index < -0.39 is 11.7 Å². The van der Waals surface area contributed by atoms with Crippen LogP contribution in [0.15, 0.2) is 12.3 Å². The van der Waals surface area contributed by atoms with Gasteiger partial charge in [-0.3, -0.25) is 4.79 Å². The van der Waals surface area contributed by atoms with Crippen molar-refractivity contribution in [2.24, 2.45) is 10.8 Å². The molecule has 116 valence electrons. The van der Waals surface area contributed by atoms with Crippen LogP contribution in [0.1, 0.15) is 57.3 Å². The number of aromatic nitrogens is 1. The molecule has 1 amide bonds. The highest BCUT2D eigenvalue weighted by molar-refractivity contribution is 5.95. The van der Waals surface area contributed by atoms with Gasteiger partial charge in [0.1, 0.15) is 0 Å². The third kappa shape index (κ3) is 3.71. The molecule has 1 aromatic heterocycles. The lowest BCUT2D eigenvalue weighted by molar-refractivity contribution is 0.0711. The molecule has 1 heterocycles. The third-order valence-electron chi connectivity index (χ3n) is 4.05. The fourth-order valence-corrected chi connectivity index (χ4v) is 3.85. The summed E-state index contributed by atoms with van der Waals surface area (Å²) in [5.41, 5.74) is 5.70. The van der Waals surface area contributed by atoms with Gasteiger partial charge in [-0.1, -0.05) is 27.7 Å². The summed E-state index contributed by atoms with van der Waals surface area (Å²) in [7, 11) is 0. The lowest BCUT2D eigenvalue weighted by atomic mass is 9.63. The first-order valence-corrected chi connectivity index (χ1v) is 7.30. The number of pyridine rings is 1. The average Bonchev–Trinajstić information content (AvgIpc) is 2.28. The molecule has 0 unspecified atom stereocenters. The van der Waals surface area contributed by atoms with Crippen molar-refractivity contribution in [1.29, 1.82) is 0 Å². The summed E-state index contributed by atoms with van der Waals surface area (Å²) < 4.78 is 13.9. The van der Waals surface area contributed by atoms with Gasteiger partial charge in [0.15, 0.2) is 11.6 Å². The standard InChI is InChI=1S/C16H24FN3O/c1-15(2)7-10(8-16(3,4)9-15)20-14(21)11-5-6-19-13(18)12(11)17/h5-6,10H,7-9H2,1-4H3,(H2,18,19)(H,20,21). The number of halogens is 1. The molecule has 1 aromatic rings. The molecule has 1 aliphatic carbocycles. The number of carbonyl (C=O) groups is 1. The zero-order valence-corrected chi connectivity index (χ0v) is 13.2. The number of hydrogen-bond donors (Lipinski definition) is 2. The summed E-state index contributed by atoms with van der Waals surface area (Å²) in [6.07, 6.45) is 4.25. The summed E-state index contributed by atoms with van der Waals surface area (Å²) in [6.45, 7) is 8.83. The van der Waals surface area contributed by atoms with E-state index in [-0.39, 0.29) is 28.3 Å². The second-order valence-corrected chi connectivity index (χ2v) is 7.64. The molecular weight excluding hydrogens is 269 g/mol. The summed E-state index contributed by atoms with van der Waals surface area (Å²) in [4.78, 5) is 15.9. The predicted octanol–water partition coefficient (Wildman–Crippen LogP) is 3.14. The van der Waals surface area contributed by atoms with Crippen molar-refractivity contribution in [1.82, 2.24) is 10.3 Å². The molecule has 4 nitrogen and oxygen atoms in total. The van der Waals surface area contributed by atoms with Crippen LogP contribution in [0, 0.1) is 16.6 Å². The van der Waals surface area contributed by atoms with Crippen molar-refractivity contribution < 1.29 is 9.18 Å². The van der Waals surface area contributed by atoms with Crippen LogP contribution in [0.25, 0.3) is 0 Å². The molecule has 1 saturated carbocycles. The highest BCUT2D eigenvalue weighted by Gasteiger charge is 2.39. The van der Waals surface area contributed by atoms with E-state index in [9.17, 15) is 9.18 Å². The van der Waals surface area contributed by atoms with Crippen LogP contribution in [-0.2, 0) is 0 Å². The van der Waals surface area contributed by atoms with Gasteiger partial charge in [0.2, 0.25) is 0 Å². The molecule has 1 fully saturated rings. The smallest absolute Gasteiger partial charge is 0.254 e. The first kappa shape index (κ1) is 15.7. The summed E-state index contributed by atoms with van der Waals surface area (Å²) in [6, 6.07) is 1.41. The minimum absolute atomic E-state index is 0.0383. The molecule has 2 rings (SSSR count). The van der Waals surface area contributed by atoms with Crippen LogP contribution in [0.2, 0.25) is 0 Å². The topological polar surface area (TPSA) is 68.0 Å². The Kier molecular flexibility index (Phi) is 3.95. The number of nitrogens with one attached hydrogen (secondary N) is 1. The molecule has 0 spiro atoms. The molecular formula is C16H24FN3O. The van der Waals surface area contributed by atoms with E-state index in [0.717, 1.165) is 19.3 Å². The van der Waals surface area contributed by atoms with E-state index in [1.54, 1.807) is 0 Å². The van der Waals surface area contributed by atoms with Crippen molar-refractivity contribution in [3.63, 3.8) is 0 Å². The number of carbonyl (C=O) groups excluding carboxylic acids is 1. The number of nitrogen functional groups attached to an aromatic ring is 1. The van der Waals surface area contributed by atoms with Crippen LogP contribution in [0.5, 0.6) is 0 Å².